The summed E-state index contributed by atoms with van der Waals surface area (Å²) in [5, 5.41) is 0. The number of halogens is 2. The van der Waals surface area contributed by atoms with E-state index in [0.717, 1.165) is 11.5 Å². The van der Waals surface area contributed by atoms with Gasteiger partial charge in [0.15, 0.2) is 0 Å². The lowest BCUT2D eigenvalue weighted by Gasteiger charge is -2.03. The van der Waals surface area contributed by atoms with Gasteiger partial charge in [-0.15, -0.1) is 0 Å². The highest BCUT2D eigenvalue weighted by Crippen LogP contribution is 2.19. The molecule has 2 rings (SSSR count). The zero-order valence-electron chi connectivity index (χ0n) is 8.58. The highest BCUT2D eigenvalue weighted by Gasteiger charge is 1.92. The molecule has 0 bridgehead atoms. The van der Waals surface area contributed by atoms with Gasteiger partial charge >= 0.3 is 0 Å². The normalized spacial score (nSPS) is 7.75. The molecule has 1 nitrogen and oxygen atoms in total. The van der Waals surface area contributed by atoms with Gasteiger partial charge in [-0.25, -0.2) is 0 Å². The van der Waals surface area contributed by atoms with Gasteiger partial charge in [0.2, 0.25) is 0 Å². The molecule has 0 heterocycles. The van der Waals surface area contributed by atoms with Gasteiger partial charge in [-0.1, -0.05) is 36.4 Å². The van der Waals surface area contributed by atoms with Gasteiger partial charge in [-0.2, -0.15) is 0 Å². The first-order valence-electron chi connectivity index (χ1n) is 4.23. The lowest BCUT2D eigenvalue weighted by atomic mass is 10.3. The molecule has 0 aliphatic carbocycles. The summed E-state index contributed by atoms with van der Waals surface area (Å²) >= 11 is 0. The minimum Gasteiger partial charge on any atom is -0.457 e. The summed E-state index contributed by atoms with van der Waals surface area (Å²) < 4.78 is 5.58. The summed E-state index contributed by atoms with van der Waals surface area (Å²) in [6.07, 6.45) is 0. The van der Waals surface area contributed by atoms with Crippen LogP contribution in [0.2, 0.25) is 0 Å². The van der Waals surface area contributed by atoms with Gasteiger partial charge in [0, 0.05) is 8.41 Å². The highest BCUT2D eigenvalue weighted by atomic mass is 19.0. The third kappa shape index (κ3) is 4.60. The molecule has 0 aliphatic heterocycles. The van der Waals surface area contributed by atoms with E-state index in [9.17, 15) is 0 Å². The van der Waals surface area contributed by atoms with Gasteiger partial charge in [0.25, 0.3) is 0 Å². The predicted octanol–water partition coefficient (Wildman–Crippen LogP) is 3.40. The molecule has 0 unspecified atom stereocenters. The number of hydrogen-bond acceptors (Lipinski definition) is 1. The summed E-state index contributed by atoms with van der Waals surface area (Å²) in [5.41, 5.74) is 0. The first-order valence-corrected chi connectivity index (χ1v) is 4.23. The number of rotatable bonds is 2. The second-order valence-corrected chi connectivity index (χ2v) is 2.73. The average molecular weight is 221 g/mol. The van der Waals surface area contributed by atoms with Crippen LogP contribution in [0.3, 0.4) is 0 Å². The van der Waals surface area contributed by atoms with E-state index in [1.54, 1.807) is 0 Å². The largest absolute Gasteiger partial charge is 0.457 e. The molecule has 0 spiro atoms. The molecule has 0 saturated carbocycles. The Balaban J connectivity index is 0. The molecular formula is C12H12BF2O. The zero-order chi connectivity index (χ0) is 8.93. The van der Waals surface area contributed by atoms with E-state index in [4.69, 9.17) is 4.74 Å². The molecule has 0 aromatic heterocycles. The monoisotopic (exact) mass is 221 g/mol. The van der Waals surface area contributed by atoms with Crippen LogP contribution in [0, 0.1) is 0 Å². The van der Waals surface area contributed by atoms with Crippen LogP contribution in [0.4, 0.5) is 9.41 Å². The quantitative estimate of drug-likeness (QED) is 0.706. The van der Waals surface area contributed by atoms with Crippen LogP contribution in [0.25, 0.3) is 0 Å². The minimum atomic E-state index is 0. The summed E-state index contributed by atoms with van der Waals surface area (Å²) in [4.78, 5) is 0. The summed E-state index contributed by atoms with van der Waals surface area (Å²) in [6.45, 7) is 0. The van der Waals surface area contributed by atoms with E-state index in [1.807, 2.05) is 60.7 Å². The maximum absolute atomic E-state index is 5.58. The SMILES string of the molecule is F.F.[B].c1ccc(Oc2ccccc2)cc1. The Hall–Kier alpha value is -1.84. The Morgan fingerprint density at radius 1 is 0.562 bits per heavy atom. The van der Waals surface area contributed by atoms with Crippen molar-refractivity contribution in [1.29, 1.82) is 0 Å². The molecule has 2 aromatic rings. The molecule has 0 atom stereocenters. The Morgan fingerprint density at radius 2 is 0.875 bits per heavy atom. The van der Waals surface area contributed by atoms with Crippen molar-refractivity contribution in [2.24, 2.45) is 0 Å². The van der Waals surface area contributed by atoms with Gasteiger partial charge in [-0.3, -0.25) is 9.41 Å². The average Bonchev–Trinajstić information content (AvgIpc) is 2.21. The van der Waals surface area contributed by atoms with Crippen LogP contribution >= 0.6 is 0 Å². The number of hydrogen-bond donors (Lipinski definition) is 0. The van der Waals surface area contributed by atoms with Crippen molar-refractivity contribution in [3.63, 3.8) is 0 Å². The van der Waals surface area contributed by atoms with E-state index < -0.39 is 0 Å². The summed E-state index contributed by atoms with van der Waals surface area (Å²) in [7, 11) is 0. The zero-order valence-corrected chi connectivity index (χ0v) is 8.58. The van der Waals surface area contributed by atoms with Crippen molar-refractivity contribution in [2.75, 3.05) is 0 Å². The molecule has 3 radical (unpaired) electrons. The van der Waals surface area contributed by atoms with Crippen LogP contribution in [-0.2, 0) is 0 Å². The second kappa shape index (κ2) is 8.47. The molecule has 0 saturated heterocycles. The molecule has 16 heavy (non-hydrogen) atoms. The lowest BCUT2D eigenvalue weighted by Crippen LogP contribution is -1.81. The molecule has 2 aromatic carbocycles. The number of benzene rings is 2. The van der Waals surface area contributed by atoms with Crippen molar-refractivity contribution in [1.82, 2.24) is 0 Å². The lowest BCUT2D eigenvalue weighted by molar-refractivity contribution is 0.482. The summed E-state index contributed by atoms with van der Waals surface area (Å²) in [5.74, 6) is 1.74. The predicted molar refractivity (Wildman–Crippen MR) is 63.7 cm³/mol. The van der Waals surface area contributed by atoms with Crippen molar-refractivity contribution < 1.29 is 14.1 Å². The third-order valence-corrected chi connectivity index (χ3v) is 1.72. The van der Waals surface area contributed by atoms with Crippen LogP contribution in [0.15, 0.2) is 60.7 Å². The standard InChI is InChI=1S/C12H10O.B.2FH/c1-3-7-11(8-4-1)13-12-9-5-2-6-10-12;;;/h1-10H;;2*1H. The van der Waals surface area contributed by atoms with Crippen molar-refractivity contribution >= 4 is 8.41 Å². The Morgan fingerprint density at radius 3 is 1.19 bits per heavy atom. The van der Waals surface area contributed by atoms with Gasteiger partial charge in [0.05, 0.1) is 0 Å². The van der Waals surface area contributed by atoms with Gasteiger partial charge in [-0.05, 0) is 24.3 Å². The Labute approximate surface area is 95.4 Å². The molecule has 0 amide bonds. The highest BCUT2D eigenvalue weighted by molar-refractivity contribution is 5.75. The molecule has 4 heteroatoms. The smallest absolute Gasteiger partial charge is 0.127 e. The molecule has 83 valence electrons. The Bertz CT molecular complexity index is 330. The third-order valence-electron chi connectivity index (χ3n) is 1.72. The second-order valence-electron chi connectivity index (χ2n) is 2.73. The first kappa shape index (κ1) is 16.6. The fraction of sp³-hybridized carbons (Fsp3) is 0. The topological polar surface area (TPSA) is 9.23 Å². The van der Waals surface area contributed by atoms with Crippen molar-refractivity contribution in [3.05, 3.63) is 60.7 Å². The molecule has 0 N–H and O–H groups in total. The van der Waals surface area contributed by atoms with Crippen LogP contribution in [-0.4, -0.2) is 8.41 Å². The molecule has 0 fully saturated rings. The van der Waals surface area contributed by atoms with E-state index in [-0.39, 0.29) is 17.8 Å². The molecule has 0 aliphatic rings. The first-order chi connectivity index (χ1) is 6.45. The van der Waals surface area contributed by atoms with E-state index in [1.165, 1.54) is 0 Å². The van der Waals surface area contributed by atoms with Crippen molar-refractivity contribution in [2.45, 2.75) is 0 Å². The number of para-hydroxylation sites is 2. The fourth-order valence-electron chi connectivity index (χ4n) is 1.11. The fourth-order valence-corrected chi connectivity index (χ4v) is 1.11. The van der Waals surface area contributed by atoms with Crippen LogP contribution in [0.1, 0.15) is 0 Å². The van der Waals surface area contributed by atoms with Gasteiger partial charge < -0.3 is 4.74 Å². The molecular weight excluding hydrogens is 209 g/mol. The van der Waals surface area contributed by atoms with E-state index in [0.29, 0.717) is 0 Å². The van der Waals surface area contributed by atoms with Crippen LogP contribution < -0.4 is 4.74 Å². The van der Waals surface area contributed by atoms with E-state index >= 15 is 0 Å². The maximum Gasteiger partial charge on any atom is 0.127 e. The minimum absolute atomic E-state index is 0. The maximum atomic E-state index is 5.58. The van der Waals surface area contributed by atoms with Crippen LogP contribution in [0.5, 0.6) is 11.5 Å². The van der Waals surface area contributed by atoms with Gasteiger partial charge in [0.1, 0.15) is 11.5 Å². The van der Waals surface area contributed by atoms with Crippen molar-refractivity contribution in [3.8, 4) is 11.5 Å². The summed E-state index contributed by atoms with van der Waals surface area (Å²) in [6, 6.07) is 19.5. The number of ether oxygens (including phenoxy) is 1. The van der Waals surface area contributed by atoms with E-state index in [2.05, 4.69) is 0 Å². The Kier molecular flexibility index (Phi) is 8.78.